The third-order valence-corrected chi connectivity index (χ3v) is 20.4. The molecule has 11 N–H and O–H groups in total. The minimum absolute atomic E-state index is 0.0314. The van der Waals surface area contributed by atoms with E-state index in [1.807, 2.05) is 23.4 Å². The number of aromatic nitrogens is 8. The number of benzene rings is 8. The molecule has 2 aliphatic heterocycles. The van der Waals surface area contributed by atoms with Gasteiger partial charge in [-0.1, -0.05) is 72.8 Å². The van der Waals surface area contributed by atoms with E-state index in [4.69, 9.17) is 10.5 Å². The molecule has 16 rings (SSSR count). The Hall–Kier alpha value is -13.0. The number of nitrogens with zero attached hydrogens (tertiary/aromatic N) is 5. The Morgan fingerprint density at radius 1 is 0.452 bits per heavy atom. The second kappa shape index (κ2) is 36.2. The molecule has 2 fully saturated rings. The first-order valence-electron chi connectivity index (χ1n) is 35.3. The second-order valence-corrected chi connectivity index (χ2v) is 28.3. The first kappa shape index (κ1) is 80.1. The number of thiophene rings is 2. The number of nitrogens with one attached hydrogen (secondary N) is 9. The van der Waals surface area contributed by atoms with Crippen molar-refractivity contribution in [2.75, 3.05) is 55.1 Å². The van der Waals surface area contributed by atoms with Gasteiger partial charge in [-0.3, -0.25) is 44.5 Å². The Morgan fingerprint density at radius 2 is 0.826 bits per heavy atom. The van der Waals surface area contributed by atoms with Crippen molar-refractivity contribution >= 4 is 161 Å². The quantitative estimate of drug-likeness (QED) is 0.0338. The van der Waals surface area contributed by atoms with Gasteiger partial charge in [-0.2, -0.15) is 20.4 Å². The summed E-state index contributed by atoms with van der Waals surface area (Å²) in [6, 6.07) is 36.2. The zero-order chi connectivity index (χ0) is 81.0. The fraction of sp³-hybridized carbons (Fsp3) is 0.133. The van der Waals surface area contributed by atoms with Crippen LogP contribution in [0.2, 0.25) is 0 Å². The molecule has 0 aliphatic carbocycles. The zero-order valence-corrected chi connectivity index (χ0v) is 62.2. The number of ether oxygens (including phenoxy) is 1. The number of rotatable bonds is 19. The first-order valence-corrected chi connectivity index (χ1v) is 37.1. The van der Waals surface area contributed by atoms with Gasteiger partial charge in [0.05, 0.1) is 79.6 Å². The topological polar surface area (TPSA) is 282 Å². The summed E-state index contributed by atoms with van der Waals surface area (Å²) in [4.78, 5) is 52.9. The van der Waals surface area contributed by atoms with E-state index in [0.29, 0.717) is 95.5 Å². The van der Waals surface area contributed by atoms with Crippen LogP contribution in [-0.4, -0.2) is 109 Å². The van der Waals surface area contributed by atoms with Crippen molar-refractivity contribution in [2.24, 2.45) is 11.7 Å². The molecule has 115 heavy (non-hydrogen) atoms. The smallest absolute Gasteiger partial charge is 0.259 e. The summed E-state index contributed by atoms with van der Waals surface area (Å²) in [6.45, 7) is 2.04. The number of hydrogen-bond acceptors (Lipinski definition) is 14. The van der Waals surface area contributed by atoms with Crippen LogP contribution in [0.1, 0.15) is 79.8 Å². The fourth-order valence-electron chi connectivity index (χ4n) is 12.2. The molecule has 586 valence electrons. The Balaban J connectivity index is 0.000000134. The number of anilines is 4. The molecule has 6 aromatic heterocycles. The van der Waals surface area contributed by atoms with Crippen LogP contribution in [0.15, 0.2) is 168 Å². The van der Waals surface area contributed by atoms with Crippen LogP contribution in [-0.2, 0) is 23.9 Å². The van der Waals surface area contributed by atoms with E-state index >= 15 is 0 Å². The van der Waals surface area contributed by atoms with Crippen LogP contribution in [0, 0.1) is 64.1 Å². The average Bonchev–Trinajstić information content (AvgIpc) is 1.69. The number of hydrogen-bond donors (Lipinski definition) is 10. The summed E-state index contributed by atoms with van der Waals surface area (Å²) in [5.41, 5.74) is 12.6. The van der Waals surface area contributed by atoms with Gasteiger partial charge in [-0.05, 0) is 169 Å². The molecule has 0 spiro atoms. The highest BCUT2D eigenvalue weighted by atomic mass is 32.1. The normalized spacial score (nSPS) is 14.3. The molecule has 20 nitrogen and oxygen atoms in total. The number of nitrogens with two attached hydrogens (primary N) is 1. The number of carbonyl (C=O) groups is 4. The van der Waals surface area contributed by atoms with Gasteiger partial charge >= 0.3 is 0 Å². The van der Waals surface area contributed by atoms with E-state index in [-0.39, 0.29) is 58.2 Å². The number of aromatic amines is 4. The van der Waals surface area contributed by atoms with E-state index < -0.39 is 70.5 Å². The lowest BCUT2D eigenvalue weighted by Crippen LogP contribution is -2.48. The Kier molecular flexibility index (Phi) is 25.2. The molecule has 14 aromatic rings. The van der Waals surface area contributed by atoms with Crippen molar-refractivity contribution in [2.45, 2.75) is 31.0 Å². The largest absolute Gasteiger partial charge is 0.366 e. The zero-order valence-electron chi connectivity index (χ0n) is 60.6. The predicted octanol–water partition coefficient (Wildman–Crippen LogP) is 17.6. The molecular formula is C83H67F10N15O5S2. The third kappa shape index (κ3) is 19.6. The van der Waals surface area contributed by atoms with Crippen LogP contribution >= 0.6 is 22.7 Å². The summed E-state index contributed by atoms with van der Waals surface area (Å²) in [6.07, 6.45) is 14.2. The Morgan fingerprint density at radius 3 is 1.18 bits per heavy atom. The number of methoxy groups -OCH3 is 1. The molecule has 2 aliphatic rings. The van der Waals surface area contributed by atoms with Gasteiger partial charge in [0.15, 0.2) is 29.4 Å². The number of H-pyrrole nitrogens is 4. The molecule has 0 saturated carbocycles. The molecule has 8 heterocycles. The molecule has 4 amide bonds. The molecule has 0 radical (unpaired) electrons. The molecule has 2 saturated heterocycles. The van der Waals surface area contributed by atoms with E-state index in [0.717, 1.165) is 59.7 Å². The van der Waals surface area contributed by atoms with Crippen molar-refractivity contribution < 1.29 is 67.8 Å². The van der Waals surface area contributed by atoms with Crippen molar-refractivity contribution in [1.29, 1.82) is 0 Å². The molecule has 8 aromatic carbocycles. The van der Waals surface area contributed by atoms with E-state index in [9.17, 15) is 63.1 Å². The minimum Gasteiger partial charge on any atom is -0.366 e. The summed E-state index contributed by atoms with van der Waals surface area (Å²) in [7, 11) is 3.30. The summed E-state index contributed by atoms with van der Waals surface area (Å²) >= 11 is 2.72. The lowest BCUT2D eigenvalue weighted by atomic mass is 10.0. The average molecular weight is 1610 g/mol. The number of halogens is 10. The van der Waals surface area contributed by atoms with Crippen LogP contribution in [0.25, 0.3) is 92.2 Å². The lowest BCUT2D eigenvalue weighted by Gasteiger charge is -2.25. The first-order chi connectivity index (χ1) is 55.5. The molecule has 32 heteroatoms. The standard InChI is InChI=1S/C22H17F2N3O2S.C21H15F3N4OS.C21H19F3N4O.C19H16F2N4O/c1-29-21(20-3-2-10-30-20)22(28)25-19-11-15-17(26-27-18(15)12-16(19)24)9-6-13-4-7-14(23)8-5-13;22-13-5-3-11(8-14(13)23)4-6-16-12-9-18(15(24)10-17(12)28-27-16)26-21(29)20(25)19-2-1-7-30-19;1-28-8-2-3-20(28)21(29)25-19-10-13-17(26-27-18(13)11-16(19)24)7-5-12-4-6-14(22)15(23)9-12;20-13-4-1-11(2-5-13)3-6-16-14-7-18(15(21)8-17(14)25-24-16)23-19(26)12-9-22-10-12/h2-12,21H,1H3,(H,25,28)(H,26,27);1-10,20H,25H2,(H,26,29)(H,27,28);4-7,9-11,20H,2-3,8H2,1H3,(H,25,29)(H,26,27);1-8,12,22H,9-10H2,(H,23,26)(H,24,25)/b9-6+;6-4+;7-5+;6-3+/t;2*20-;/m.10./s1. The van der Waals surface area contributed by atoms with Crippen LogP contribution in [0.4, 0.5) is 66.7 Å². The highest BCUT2D eigenvalue weighted by Crippen LogP contribution is 2.33. The maximum atomic E-state index is 14.5. The van der Waals surface area contributed by atoms with E-state index in [2.05, 4.69) is 67.4 Å². The molecule has 0 bridgehead atoms. The molecular weight excluding hydrogens is 1540 g/mol. The van der Waals surface area contributed by atoms with Crippen molar-refractivity contribution in [1.82, 2.24) is 51.0 Å². The summed E-state index contributed by atoms with van der Waals surface area (Å²) in [5, 5.41) is 47.1. The maximum absolute atomic E-state index is 14.5. The SMILES string of the molecule is CN1CCC[C@H]1C(=O)Nc1cc2c(/C=C/c3ccc(F)c(F)c3)n[nH]c2cc1F.COC(C(=O)Nc1cc2c(/C=C/c3ccc(F)cc3)n[nH]c2cc1F)c1cccs1.N[C@@H](C(=O)Nc1cc2c(/C=C/c3ccc(F)c(F)c3)n[nH]c2cc1F)c1cccs1.O=C(Nc1cc2c(/C=C/c3ccc(F)cc3)n[nH]c2cc1F)C1CNC1. The van der Waals surface area contributed by atoms with Gasteiger partial charge in [0.2, 0.25) is 17.7 Å². The predicted molar refractivity (Wildman–Crippen MR) is 427 cm³/mol. The second-order valence-electron chi connectivity index (χ2n) is 26.3. The molecule has 3 atom stereocenters. The Bertz CT molecular complexity index is 6000. The maximum Gasteiger partial charge on any atom is 0.259 e. The highest BCUT2D eigenvalue weighted by molar-refractivity contribution is 7.10. The van der Waals surface area contributed by atoms with Crippen molar-refractivity contribution in [3.8, 4) is 0 Å². The monoisotopic (exact) mass is 1610 g/mol. The Labute approximate surface area is 655 Å². The van der Waals surface area contributed by atoms with Crippen LogP contribution in [0.5, 0.6) is 0 Å². The number of likely N-dealkylation sites (tertiary alicyclic amines) is 1. The van der Waals surface area contributed by atoms with Gasteiger partial charge < -0.3 is 37.1 Å². The van der Waals surface area contributed by atoms with E-state index in [1.54, 1.807) is 103 Å². The van der Waals surface area contributed by atoms with Gasteiger partial charge in [0, 0.05) is 75.8 Å². The van der Waals surface area contributed by atoms with E-state index in [1.165, 1.54) is 109 Å². The summed E-state index contributed by atoms with van der Waals surface area (Å²) in [5.74, 6) is -8.28. The molecule has 1 unspecified atom stereocenters. The fourth-order valence-corrected chi connectivity index (χ4v) is 13.7. The van der Waals surface area contributed by atoms with Gasteiger partial charge in [-0.15, -0.1) is 22.7 Å². The number of fused-ring (bicyclic) bond motifs is 4. The number of likely N-dealkylation sites (N-methyl/N-ethyl adjacent to an activating group) is 1. The highest BCUT2D eigenvalue weighted by Gasteiger charge is 2.30. The van der Waals surface area contributed by atoms with Crippen molar-refractivity contribution in [3.63, 3.8) is 0 Å². The van der Waals surface area contributed by atoms with Gasteiger partial charge in [0.1, 0.15) is 40.9 Å². The lowest BCUT2D eigenvalue weighted by molar-refractivity contribution is -0.126. The third-order valence-electron chi connectivity index (χ3n) is 18.5. The van der Waals surface area contributed by atoms with Crippen molar-refractivity contribution in [3.05, 3.63) is 281 Å². The summed E-state index contributed by atoms with van der Waals surface area (Å²) < 4.78 is 142. The van der Waals surface area contributed by atoms with Gasteiger partial charge in [-0.25, -0.2) is 43.9 Å². The van der Waals surface area contributed by atoms with Gasteiger partial charge in [0.25, 0.3) is 5.91 Å². The van der Waals surface area contributed by atoms with Crippen LogP contribution < -0.4 is 32.3 Å². The number of carbonyl (C=O) groups excluding carboxylic acids is 4. The minimum atomic E-state index is -0.960. The van der Waals surface area contributed by atoms with Crippen LogP contribution in [0.3, 0.4) is 0 Å². The number of amides is 4.